The fraction of sp³-hybridized carbons (Fsp3) is 0.769. The van der Waals surface area contributed by atoms with Gasteiger partial charge in [0.1, 0.15) is 5.01 Å². The maximum Gasteiger partial charge on any atom is 0.107 e. The van der Waals surface area contributed by atoms with Crippen molar-refractivity contribution in [1.29, 1.82) is 0 Å². The topological polar surface area (TPSA) is 24.9 Å². The van der Waals surface area contributed by atoms with Crippen LogP contribution in [0.15, 0.2) is 6.20 Å². The summed E-state index contributed by atoms with van der Waals surface area (Å²) in [6, 6.07) is 0.785. The van der Waals surface area contributed by atoms with E-state index in [1.54, 1.807) is 0 Å². The summed E-state index contributed by atoms with van der Waals surface area (Å²) in [5.41, 5.74) is 0. The van der Waals surface area contributed by atoms with E-state index in [4.69, 9.17) is 0 Å². The Labute approximate surface area is 101 Å². The molecule has 0 saturated heterocycles. The van der Waals surface area contributed by atoms with Gasteiger partial charge in [0.15, 0.2) is 0 Å². The molecule has 1 aromatic rings. The van der Waals surface area contributed by atoms with Crippen molar-refractivity contribution in [3.8, 4) is 0 Å². The smallest absolute Gasteiger partial charge is 0.107 e. The lowest BCUT2D eigenvalue weighted by molar-refractivity contribution is 0.350. The van der Waals surface area contributed by atoms with Gasteiger partial charge in [-0.3, -0.25) is 0 Å². The van der Waals surface area contributed by atoms with Crippen LogP contribution in [-0.4, -0.2) is 11.0 Å². The molecule has 1 heterocycles. The summed E-state index contributed by atoms with van der Waals surface area (Å²) in [6.07, 6.45) is 8.99. The van der Waals surface area contributed by atoms with Crippen LogP contribution in [0, 0.1) is 11.8 Å². The first-order chi connectivity index (χ1) is 7.85. The Kier molecular flexibility index (Phi) is 2.99. The second kappa shape index (κ2) is 4.46. The summed E-state index contributed by atoms with van der Waals surface area (Å²) >= 11 is 1.86. The number of nitrogens with one attached hydrogen (secondary N) is 1. The van der Waals surface area contributed by atoms with Crippen LogP contribution >= 0.6 is 11.3 Å². The van der Waals surface area contributed by atoms with Crippen molar-refractivity contribution in [1.82, 2.24) is 10.3 Å². The van der Waals surface area contributed by atoms with Crippen LogP contribution in [0.2, 0.25) is 0 Å². The number of nitrogens with zero attached hydrogens (tertiary/aromatic N) is 1. The number of thiazole rings is 1. The van der Waals surface area contributed by atoms with Gasteiger partial charge < -0.3 is 5.32 Å². The van der Waals surface area contributed by atoms with Gasteiger partial charge in [0.25, 0.3) is 0 Å². The molecule has 0 spiro atoms. The summed E-state index contributed by atoms with van der Waals surface area (Å²) in [5, 5.41) is 4.98. The Balaban J connectivity index is 1.53. The number of hydrogen-bond donors (Lipinski definition) is 1. The van der Waals surface area contributed by atoms with Gasteiger partial charge in [-0.2, -0.15) is 0 Å². The molecule has 2 fully saturated rings. The van der Waals surface area contributed by atoms with Gasteiger partial charge in [-0.15, -0.1) is 11.3 Å². The van der Waals surface area contributed by atoms with Crippen molar-refractivity contribution >= 4 is 11.3 Å². The Morgan fingerprint density at radius 1 is 1.44 bits per heavy atom. The van der Waals surface area contributed by atoms with Crippen molar-refractivity contribution in [2.45, 2.75) is 51.6 Å². The van der Waals surface area contributed by atoms with Crippen LogP contribution in [0.5, 0.6) is 0 Å². The van der Waals surface area contributed by atoms with Crippen molar-refractivity contribution in [3.05, 3.63) is 16.1 Å². The predicted octanol–water partition coefficient (Wildman–Crippen LogP) is 2.98. The highest BCUT2D eigenvalue weighted by Gasteiger charge is 2.38. The minimum atomic E-state index is 0.785. The molecule has 1 N–H and O–H groups in total. The molecule has 3 heteroatoms. The van der Waals surface area contributed by atoms with E-state index >= 15 is 0 Å². The molecule has 3 rings (SSSR count). The lowest BCUT2D eigenvalue weighted by Crippen LogP contribution is -2.33. The highest BCUT2D eigenvalue weighted by atomic mass is 32.1. The lowest BCUT2D eigenvalue weighted by atomic mass is 9.95. The number of rotatable bonds is 4. The summed E-state index contributed by atoms with van der Waals surface area (Å²) in [5.74, 6) is 2.00. The van der Waals surface area contributed by atoms with Crippen LogP contribution in [0.25, 0.3) is 0 Å². The van der Waals surface area contributed by atoms with Gasteiger partial charge in [0, 0.05) is 23.7 Å². The van der Waals surface area contributed by atoms with E-state index in [0.717, 1.165) is 30.8 Å². The Morgan fingerprint density at radius 2 is 2.38 bits per heavy atom. The number of hydrogen-bond acceptors (Lipinski definition) is 3. The molecule has 0 aromatic carbocycles. The van der Waals surface area contributed by atoms with Crippen molar-refractivity contribution in [2.75, 3.05) is 0 Å². The summed E-state index contributed by atoms with van der Waals surface area (Å²) in [6.45, 7) is 3.18. The predicted molar refractivity (Wildman–Crippen MR) is 67.6 cm³/mol. The molecule has 2 aliphatic carbocycles. The molecule has 2 aliphatic rings. The first-order valence-electron chi connectivity index (χ1n) is 6.52. The third kappa shape index (κ3) is 2.03. The highest BCUT2D eigenvalue weighted by molar-refractivity contribution is 7.11. The fourth-order valence-electron chi connectivity index (χ4n) is 3.31. The van der Waals surface area contributed by atoms with E-state index in [0.29, 0.717) is 0 Å². The van der Waals surface area contributed by atoms with Gasteiger partial charge in [-0.05, 0) is 37.5 Å². The summed E-state index contributed by atoms with van der Waals surface area (Å²) < 4.78 is 0. The Bertz CT molecular complexity index is 361. The number of aromatic nitrogens is 1. The number of aryl methyl sites for hydroxylation is 1. The van der Waals surface area contributed by atoms with Crippen LogP contribution in [0.4, 0.5) is 0 Å². The van der Waals surface area contributed by atoms with E-state index in [9.17, 15) is 0 Å². The second-order valence-electron chi connectivity index (χ2n) is 5.24. The van der Waals surface area contributed by atoms with Crippen molar-refractivity contribution in [3.63, 3.8) is 0 Å². The maximum absolute atomic E-state index is 4.47. The molecule has 16 heavy (non-hydrogen) atoms. The first-order valence-corrected chi connectivity index (χ1v) is 7.33. The quantitative estimate of drug-likeness (QED) is 0.869. The molecular weight excluding hydrogens is 216 g/mol. The van der Waals surface area contributed by atoms with Crippen LogP contribution in [-0.2, 0) is 13.0 Å². The molecule has 2 saturated carbocycles. The van der Waals surface area contributed by atoms with E-state index in [2.05, 4.69) is 17.2 Å². The normalized spacial score (nSPS) is 32.4. The zero-order chi connectivity index (χ0) is 11.0. The minimum absolute atomic E-state index is 0.785. The Hall–Kier alpha value is -0.410. The van der Waals surface area contributed by atoms with E-state index in [-0.39, 0.29) is 0 Å². The molecule has 3 unspecified atom stereocenters. The standard InChI is InChI=1S/C13H20N2S/c1-2-11-7-15-13(16-11)8-14-12-6-9-3-4-10(12)5-9/h7,9-10,12,14H,2-6,8H2,1H3. The molecule has 0 radical (unpaired) electrons. The van der Waals surface area contributed by atoms with Crippen LogP contribution in [0.1, 0.15) is 42.5 Å². The fourth-order valence-corrected chi connectivity index (χ4v) is 4.12. The van der Waals surface area contributed by atoms with Crippen molar-refractivity contribution in [2.24, 2.45) is 11.8 Å². The molecule has 1 aromatic heterocycles. The average molecular weight is 236 g/mol. The third-order valence-corrected chi connectivity index (χ3v) is 5.35. The van der Waals surface area contributed by atoms with E-state index in [1.165, 1.54) is 35.6 Å². The van der Waals surface area contributed by atoms with Gasteiger partial charge in [0.05, 0.1) is 0 Å². The maximum atomic E-state index is 4.47. The van der Waals surface area contributed by atoms with E-state index in [1.807, 2.05) is 17.5 Å². The highest BCUT2D eigenvalue weighted by Crippen LogP contribution is 2.44. The minimum Gasteiger partial charge on any atom is -0.307 e. The van der Waals surface area contributed by atoms with E-state index < -0.39 is 0 Å². The molecule has 0 aliphatic heterocycles. The third-order valence-electron chi connectivity index (χ3n) is 4.20. The average Bonchev–Trinajstić information content (AvgIpc) is 3.02. The largest absolute Gasteiger partial charge is 0.307 e. The van der Waals surface area contributed by atoms with Gasteiger partial charge >= 0.3 is 0 Å². The lowest BCUT2D eigenvalue weighted by Gasteiger charge is -2.22. The Morgan fingerprint density at radius 3 is 3.00 bits per heavy atom. The zero-order valence-electron chi connectivity index (χ0n) is 9.91. The summed E-state index contributed by atoms with van der Waals surface area (Å²) in [7, 11) is 0. The monoisotopic (exact) mass is 236 g/mol. The SMILES string of the molecule is CCc1cnc(CNC2CC3CCC2C3)s1. The van der Waals surface area contributed by atoms with Gasteiger partial charge in [0.2, 0.25) is 0 Å². The molecule has 2 nitrogen and oxygen atoms in total. The van der Waals surface area contributed by atoms with Crippen LogP contribution < -0.4 is 5.32 Å². The number of fused-ring (bicyclic) bond motifs is 2. The molecular formula is C13H20N2S. The van der Waals surface area contributed by atoms with Crippen LogP contribution in [0.3, 0.4) is 0 Å². The first kappa shape index (κ1) is 10.7. The molecule has 88 valence electrons. The summed E-state index contributed by atoms with van der Waals surface area (Å²) in [4.78, 5) is 5.87. The molecule has 0 amide bonds. The van der Waals surface area contributed by atoms with Gasteiger partial charge in [-0.1, -0.05) is 13.3 Å². The van der Waals surface area contributed by atoms with Gasteiger partial charge in [-0.25, -0.2) is 4.98 Å². The zero-order valence-corrected chi connectivity index (χ0v) is 10.7. The molecule has 3 atom stereocenters. The van der Waals surface area contributed by atoms with Crippen molar-refractivity contribution < 1.29 is 0 Å². The molecule has 2 bridgehead atoms. The second-order valence-corrected chi connectivity index (χ2v) is 6.44.